The maximum absolute atomic E-state index is 13.0. The van der Waals surface area contributed by atoms with Gasteiger partial charge in [-0.05, 0) is 37.1 Å². The monoisotopic (exact) mass is 354 g/mol. The highest BCUT2D eigenvalue weighted by Crippen LogP contribution is 2.23. The van der Waals surface area contributed by atoms with Crippen molar-refractivity contribution in [2.75, 3.05) is 19.6 Å². The second-order valence-electron chi connectivity index (χ2n) is 7.11. The molecule has 1 aromatic carbocycles. The molecule has 3 heterocycles. The summed E-state index contributed by atoms with van der Waals surface area (Å²) in [5.74, 6) is 1.10. The lowest BCUT2D eigenvalue weighted by Gasteiger charge is -2.29. The van der Waals surface area contributed by atoms with Crippen LogP contribution in [-0.2, 0) is 24.2 Å². The number of nitrogens with one attached hydrogen (secondary N) is 1. The third-order valence-electron chi connectivity index (χ3n) is 5.24. The number of benzene rings is 1. The van der Waals surface area contributed by atoms with Gasteiger partial charge in [-0.15, -0.1) is 0 Å². The third-order valence-corrected chi connectivity index (χ3v) is 5.24. The highest BCUT2D eigenvalue weighted by molar-refractivity contribution is 5.79. The number of fused-ring (bicyclic) bond motifs is 1. The van der Waals surface area contributed by atoms with Gasteiger partial charge in [0, 0.05) is 43.7 Å². The van der Waals surface area contributed by atoms with Crippen molar-refractivity contribution in [1.82, 2.24) is 20.2 Å². The standard InChI is InChI=1S/C20H23FN4O/c21-17-5-3-14(4-6-17)10-19(26)25-9-7-18-16(13-25)12-23-20(24-18)15-2-1-8-22-11-15/h3-6,12,15,22H,1-2,7-11,13H2/t15-/m1/s1. The first-order chi connectivity index (χ1) is 12.7. The second kappa shape index (κ2) is 7.50. The van der Waals surface area contributed by atoms with Gasteiger partial charge >= 0.3 is 0 Å². The van der Waals surface area contributed by atoms with E-state index in [0.717, 1.165) is 55.0 Å². The molecular weight excluding hydrogens is 331 g/mol. The summed E-state index contributed by atoms with van der Waals surface area (Å²) < 4.78 is 13.0. The summed E-state index contributed by atoms with van der Waals surface area (Å²) in [5, 5.41) is 3.41. The van der Waals surface area contributed by atoms with E-state index < -0.39 is 0 Å². The molecule has 6 heteroatoms. The average Bonchev–Trinajstić information content (AvgIpc) is 2.69. The van der Waals surface area contributed by atoms with Crippen LogP contribution in [0.25, 0.3) is 0 Å². The molecule has 0 unspecified atom stereocenters. The minimum absolute atomic E-state index is 0.0582. The van der Waals surface area contributed by atoms with E-state index in [1.54, 1.807) is 12.1 Å². The lowest BCUT2D eigenvalue weighted by atomic mass is 9.98. The number of piperidine rings is 1. The molecule has 2 aliphatic heterocycles. The third kappa shape index (κ3) is 3.75. The molecule has 0 saturated carbocycles. The maximum Gasteiger partial charge on any atom is 0.227 e. The molecule has 1 N–H and O–H groups in total. The summed E-state index contributed by atoms with van der Waals surface area (Å²) in [6, 6.07) is 6.12. The SMILES string of the molecule is O=C(Cc1ccc(F)cc1)N1CCc2nc([C@@H]3CCCNC3)ncc2C1. The van der Waals surface area contributed by atoms with Crippen molar-refractivity contribution in [2.24, 2.45) is 0 Å². The van der Waals surface area contributed by atoms with Crippen molar-refractivity contribution >= 4 is 5.91 Å². The summed E-state index contributed by atoms with van der Waals surface area (Å²) in [6.45, 7) is 3.25. The molecule has 1 aromatic heterocycles. The highest BCUT2D eigenvalue weighted by Gasteiger charge is 2.24. The second-order valence-corrected chi connectivity index (χ2v) is 7.11. The Labute approximate surface area is 152 Å². The Hall–Kier alpha value is -2.34. The molecule has 136 valence electrons. The molecule has 5 nitrogen and oxygen atoms in total. The van der Waals surface area contributed by atoms with Crippen LogP contribution in [-0.4, -0.2) is 40.4 Å². The summed E-state index contributed by atoms with van der Waals surface area (Å²) in [4.78, 5) is 23.8. The number of nitrogens with zero attached hydrogens (tertiary/aromatic N) is 3. The van der Waals surface area contributed by atoms with Crippen molar-refractivity contribution in [3.8, 4) is 0 Å². The Kier molecular flexibility index (Phi) is 4.93. The minimum atomic E-state index is -0.283. The first-order valence-corrected chi connectivity index (χ1v) is 9.26. The maximum atomic E-state index is 13.0. The van der Waals surface area contributed by atoms with Crippen molar-refractivity contribution in [1.29, 1.82) is 0 Å². The summed E-state index contributed by atoms with van der Waals surface area (Å²) in [5.41, 5.74) is 2.95. The topological polar surface area (TPSA) is 58.1 Å². The van der Waals surface area contributed by atoms with Gasteiger partial charge in [-0.25, -0.2) is 14.4 Å². The van der Waals surface area contributed by atoms with E-state index in [4.69, 9.17) is 4.98 Å². The van der Waals surface area contributed by atoms with Crippen molar-refractivity contribution < 1.29 is 9.18 Å². The number of aromatic nitrogens is 2. The minimum Gasteiger partial charge on any atom is -0.338 e. The lowest BCUT2D eigenvalue weighted by Crippen LogP contribution is -2.38. The molecule has 0 bridgehead atoms. The van der Waals surface area contributed by atoms with E-state index >= 15 is 0 Å². The van der Waals surface area contributed by atoms with Crippen molar-refractivity contribution in [3.63, 3.8) is 0 Å². The molecule has 4 rings (SSSR count). The molecular formula is C20H23FN4O. The molecule has 2 aliphatic rings. The van der Waals surface area contributed by atoms with Crippen LogP contribution in [0.1, 0.15) is 41.4 Å². The quantitative estimate of drug-likeness (QED) is 0.918. The van der Waals surface area contributed by atoms with E-state index in [9.17, 15) is 9.18 Å². The van der Waals surface area contributed by atoms with E-state index in [0.29, 0.717) is 25.4 Å². The first kappa shape index (κ1) is 17.1. The van der Waals surface area contributed by atoms with Crippen molar-refractivity contribution in [2.45, 2.75) is 38.1 Å². The fourth-order valence-corrected chi connectivity index (χ4v) is 3.70. The fraction of sp³-hybridized carbons (Fsp3) is 0.450. The number of carbonyl (C=O) groups is 1. The molecule has 0 spiro atoms. The molecule has 0 radical (unpaired) electrons. The van der Waals surface area contributed by atoms with Crippen LogP contribution < -0.4 is 5.32 Å². The van der Waals surface area contributed by atoms with Crippen LogP contribution in [0.4, 0.5) is 4.39 Å². The number of rotatable bonds is 3. The Bertz CT molecular complexity index is 787. The van der Waals surface area contributed by atoms with Gasteiger partial charge in [0.05, 0.1) is 12.1 Å². The van der Waals surface area contributed by atoms with Gasteiger partial charge in [0.2, 0.25) is 5.91 Å². The van der Waals surface area contributed by atoms with E-state index in [2.05, 4.69) is 10.3 Å². The Balaban J connectivity index is 1.42. The van der Waals surface area contributed by atoms with Crippen LogP contribution in [0.3, 0.4) is 0 Å². The Morgan fingerprint density at radius 1 is 1.31 bits per heavy atom. The molecule has 2 aromatic rings. The number of hydrogen-bond donors (Lipinski definition) is 1. The van der Waals surface area contributed by atoms with Crippen LogP contribution in [0.2, 0.25) is 0 Å². The lowest BCUT2D eigenvalue weighted by molar-refractivity contribution is -0.131. The zero-order valence-electron chi connectivity index (χ0n) is 14.7. The van der Waals surface area contributed by atoms with Gasteiger partial charge in [0.25, 0.3) is 0 Å². The van der Waals surface area contributed by atoms with Gasteiger partial charge in [0.15, 0.2) is 0 Å². The molecule has 1 fully saturated rings. The highest BCUT2D eigenvalue weighted by atomic mass is 19.1. The predicted molar refractivity (Wildman–Crippen MR) is 96.1 cm³/mol. The van der Waals surface area contributed by atoms with Gasteiger partial charge in [-0.2, -0.15) is 0 Å². The van der Waals surface area contributed by atoms with Crippen LogP contribution in [0.5, 0.6) is 0 Å². The molecule has 1 saturated heterocycles. The molecule has 1 amide bonds. The Morgan fingerprint density at radius 2 is 2.15 bits per heavy atom. The summed E-state index contributed by atoms with van der Waals surface area (Å²) >= 11 is 0. The number of hydrogen-bond acceptors (Lipinski definition) is 4. The summed E-state index contributed by atoms with van der Waals surface area (Å²) in [7, 11) is 0. The average molecular weight is 354 g/mol. The van der Waals surface area contributed by atoms with E-state index in [1.807, 2.05) is 11.1 Å². The largest absolute Gasteiger partial charge is 0.338 e. The first-order valence-electron chi connectivity index (χ1n) is 9.26. The van der Waals surface area contributed by atoms with Gasteiger partial charge in [-0.3, -0.25) is 4.79 Å². The van der Waals surface area contributed by atoms with E-state index in [-0.39, 0.29) is 11.7 Å². The van der Waals surface area contributed by atoms with Crippen LogP contribution in [0, 0.1) is 5.82 Å². The zero-order valence-corrected chi connectivity index (χ0v) is 14.7. The fourth-order valence-electron chi connectivity index (χ4n) is 3.70. The molecule has 26 heavy (non-hydrogen) atoms. The normalized spacial score (nSPS) is 19.9. The smallest absolute Gasteiger partial charge is 0.227 e. The Morgan fingerprint density at radius 3 is 2.92 bits per heavy atom. The predicted octanol–water partition coefficient (Wildman–Crippen LogP) is 2.21. The summed E-state index contributed by atoms with van der Waals surface area (Å²) in [6.07, 6.45) is 5.25. The number of carbonyl (C=O) groups excluding carboxylic acids is 1. The van der Waals surface area contributed by atoms with Crippen molar-refractivity contribution in [3.05, 3.63) is 58.9 Å². The zero-order chi connectivity index (χ0) is 17.9. The van der Waals surface area contributed by atoms with Gasteiger partial charge in [-0.1, -0.05) is 12.1 Å². The molecule has 0 aliphatic carbocycles. The molecule has 1 atom stereocenters. The van der Waals surface area contributed by atoms with E-state index in [1.165, 1.54) is 12.1 Å². The van der Waals surface area contributed by atoms with Gasteiger partial charge < -0.3 is 10.2 Å². The van der Waals surface area contributed by atoms with Gasteiger partial charge in [0.1, 0.15) is 11.6 Å². The number of amides is 1. The van der Waals surface area contributed by atoms with Crippen LogP contribution >= 0.6 is 0 Å². The number of halogens is 1. The van der Waals surface area contributed by atoms with Crippen LogP contribution in [0.15, 0.2) is 30.5 Å².